The van der Waals surface area contributed by atoms with Gasteiger partial charge in [0.15, 0.2) is 0 Å². The Balaban J connectivity index is 1.95. The van der Waals surface area contributed by atoms with E-state index in [1.165, 1.54) is 17.0 Å². The number of carbonyl (C=O) groups excluding carboxylic acids is 2. The number of nitrogens with zero attached hydrogens (tertiary/aromatic N) is 1. The van der Waals surface area contributed by atoms with Crippen LogP contribution in [0, 0.1) is 6.92 Å². The van der Waals surface area contributed by atoms with Crippen molar-refractivity contribution in [2.45, 2.75) is 32.7 Å². The van der Waals surface area contributed by atoms with E-state index in [1.807, 2.05) is 32.9 Å². The van der Waals surface area contributed by atoms with Gasteiger partial charge in [0.25, 0.3) is 11.7 Å². The smallest absolute Gasteiger partial charge is 0.300 e. The number of Topliss-reactive ketones (excluding diaryl/α,β-unsaturated/α-hetero) is 1. The number of hydrogen-bond acceptors (Lipinski definition) is 5. The summed E-state index contributed by atoms with van der Waals surface area (Å²) in [6.07, 6.45) is 0. The van der Waals surface area contributed by atoms with Crippen molar-refractivity contribution in [1.29, 1.82) is 0 Å². The van der Waals surface area contributed by atoms with Gasteiger partial charge in [-0.2, -0.15) is 0 Å². The van der Waals surface area contributed by atoms with Crippen LogP contribution in [0.1, 0.15) is 48.1 Å². The maximum Gasteiger partial charge on any atom is 0.300 e. The number of benzene rings is 3. The number of ether oxygens (including phenoxy) is 1. The molecule has 1 aliphatic rings. The van der Waals surface area contributed by atoms with Gasteiger partial charge in [-0.3, -0.25) is 14.5 Å². The normalized spacial score (nSPS) is 17.4. The number of methoxy groups -OCH3 is 1. The number of carbonyl (C=O) groups is 2. The summed E-state index contributed by atoms with van der Waals surface area (Å²) in [7, 11) is 1.58. The zero-order valence-corrected chi connectivity index (χ0v) is 19.6. The molecular weight excluding hydrogens is 430 g/mol. The molecular formula is C28H27NO5. The first-order valence-corrected chi connectivity index (χ1v) is 11.1. The number of anilines is 1. The van der Waals surface area contributed by atoms with Crippen LogP contribution >= 0.6 is 0 Å². The molecule has 1 unspecified atom stereocenters. The van der Waals surface area contributed by atoms with Gasteiger partial charge in [0.05, 0.1) is 18.7 Å². The SMILES string of the molecule is COc1ccc(/C(O)=C2/C(=O)C(=O)N(c3ccc(C)cc3)C2c2cccc(O)c2)cc1C(C)C. The van der Waals surface area contributed by atoms with Gasteiger partial charge >= 0.3 is 0 Å². The summed E-state index contributed by atoms with van der Waals surface area (Å²) in [5.74, 6) is -1.01. The minimum absolute atomic E-state index is 0.00136. The van der Waals surface area contributed by atoms with E-state index in [0.717, 1.165) is 11.1 Å². The Bertz CT molecular complexity index is 1290. The van der Waals surface area contributed by atoms with E-state index in [2.05, 4.69) is 0 Å². The lowest BCUT2D eigenvalue weighted by Crippen LogP contribution is -2.29. The first-order chi connectivity index (χ1) is 16.2. The zero-order chi connectivity index (χ0) is 24.6. The molecule has 2 N–H and O–H groups in total. The molecule has 4 rings (SSSR count). The fourth-order valence-corrected chi connectivity index (χ4v) is 4.30. The van der Waals surface area contributed by atoms with Gasteiger partial charge in [-0.15, -0.1) is 0 Å². The molecule has 0 aliphatic carbocycles. The summed E-state index contributed by atoms with van der Waals surface area (Å²) >= 11 is 0. The summed E-state index contributed by atoms with van der Waals surface area (Å²) in [4.78, 5) is 27.9. The Morgan fingerprint density at radius 1 is 1.00 bits per heavy atom. The molecule has 174 valence electrons. The number of aryl methyl sites for hydroxylation is 1. The Kier molecular flexibility index (Phi) is 6.16. The van der Waals surface area contributed by atoms with Crippen molar-refractivity contribution in [3.8, 4) is 11.5 Å². The number of phenolic OH excluding ortho intramolecular Hbond substituents is 1. The number of phenols is 1. The van der Waals surface area contributed by atoms with Crippen LogP contribution in [-0.2, 0) is 9.59 Å². The minimum Gasteiger partial charge on any atom is -0.508 e. The van der Waals surface area contributed by atoms with Crippen LogP contribution in [0.15, 0.2) is 72.3 Å². The predicted octanol–water partition coefficient (Wildman–Crippen LogP) is 5.46. The second-order valence-corrected chi connectivity index (χ2v) is 8.71. The maximum atomic E-state index is 13.3. The van der Waals surface area contributed by atoms with Crippen molar-refractivity contribution in [3.63, 3.8) is 0 Å². The van der Waals surface area contributed by atoms with E-state index in [9.17, 15) is 19.8 Å². The largest absolute Gasteiger partial charge is 0.508 e. The molecule has 6 nitrogen and oxygen atoms in total. The lowest BCUT2D eigenvalue weighted by molar-refractivity contribution is -0.132. The van der Waals surface area contributed by atoms with Gasteiger partial charge in [-0.1, -0.05) is 43.7 Å². The fraction of sp³-hybridized carbons (Fsp3) is 0.214. The lowest BCUT2D eigenvalue weighted by Gasteiger charge is -2.25. The summed E-state index contributed by atoms with van der Waals surface area (Å²) in [5.41, 5.74) is 3.30. The minimum atomic E-state index is -0.903. The first-order valence-electron chi connectivity index (χ1n) is 11.1. The Labute approximate surface area is 198 Å². The average molecular weight is 458 g/mol. The molecule has 1 heterocycles. The number of aromatic hydroxyl groups is 1. The molecule has 0 saturated carbocycles. The third-order valence-electron chi connectivity index (χ3n) is 6.07. The molecule has 0 bridgehead atoms. The number of ketones is 1. The molecule has 3 aromatic rings. The van der Waals surface area contributed by atoms with Crippen molar-refractivity contribution in [3.05, 3.63) is 94.6 Å². The van der Waals surface area contributed by atoms with Crippen molar-refractivity contribution < 1.29 is 24.5 Å². The highest BCUT2D eigenvalue weighted by atomic mass is 16.5. The molecule has 1 amide bonds. The second kappa shape index (κ2) is 9.06. The lowest BCUT2D eigenvalue weighted by atomic mass is 9.93. The van der Waals surface area contributed by atoms with Gasteiger partial charge < -0.3 is 14.9 Å². The van der Waals surface area contributed by atoms with Crippen molar-refractivity contribution in [2.24, 2.45) is 0 Å². The van der Waals surface area contributed by atoms with Crippen LogP contribution in [0.4, 0.5) is 5.69 Å². The van der Waals surface area contributed by atoms with E-state index >= 15 is 0 Å². The molecule has 3 aromatic carbocycles. The van der Waals surface area contributed by atoms with E-state index in [0.29, 0.717) is 22.6 Å². The highest BCUT2D eigenvalue weighted by molar-refractivity contribution is 6.51. The molecule has 1 atom stereocenters. The first kappa shape index (κ1) is 23.1. The van der Waals surface area contributed by atoms with E-state index < -0.39 is 17.7 Å². The number of rotatable bonds is 5. The molecule has 1 aliphatic heterocycles. The van der Waals surface area contributed by atoms with Crippen molar-refractivity contribution in [2.75, 3.05) is 12.0 Å². The molecule has 0 aromatic heterocycles. The van der Waals surface area contributed by atoms with Gasteiger partial charge in [-0.25, -0.2) is 0 Å². The third-order valence-corrected chi connectivity index (χ3v) is 6.07. The van der Waals surface area contributed by atoms with E-state index in [-0.39, 0.29) is 23.0 Å². The van der Waals surface area contributed by atoms with E-state index in [1.54, 1.807) is 49.6 Å². The van der Waals surface area contributed by atoms with E-state index in [4.69, 9.17) is 4.74 Å². The maximum absolute atomic E-state index is 13.3. The number of aliphatic hydroxyl groups excluding tert-OH is 1. The van der Waals surface area contributed by atoms with Crippen LogP contribution in [0.5, 0.6) is 11.5 Å². The summed E-state index contributed by atoms with van der Waals surface area (Å²) in [6.45, 7) is 5.94. The molecule has 0 spiro atoms. The fourth-order valence-electron chi connectivity index (χ4n) is 4.30. The monoisotopic (exact) mass is 457 g/mol. The highest BCUT2D eigenvalue weighted by Crippen LogP contribution is 2.43. The quantitative estimate of drug-likeness (QED) is 0.302. The zero-order valence-electron chi connectivity index (χ0n) is 19.6. The van der Waals surface area contributed by atoms with Crippen LogP contribution in [0.2, 0.25) is 0 Å². The van der Waals surface area contributed by atoms with Crippen LogP contribution in [0.3, 0.4) is 0 Å². The van der Waals surface area contributed by atoms with Gasteiger partial charge in [-0.05, 0) is 66.4 Å². The molecule has 6 heteroatoms. The third kappa shape index (κ3) is 4.03. The number of amides is 1. The summed E-state index contributed by atoms with van der Waals surface area (Å²) < 4.78 is 5.44. The average Bonchev–Trinajstić information content (AvgIpc) is 3.09. The predicted molar refractivity (Wildman–Crippen MR) is 131 cm³/mol. The van der Waals surface area contributed by atoms with Crippen LogP contribution in [-0.4, -0.2) is 29.0 Å². The second-order valence-electron chi connectivity index (χ2n) is 8.71. The molecule has 1 saturated heterocycles. The van der Waals surface area contributed by atoms with Gasteiger partial charge in [0.1, 0.15) is 17.3 Å². The number of aliphatic hydroxyl groups is 1. The molecule has 1 fully saturated rings. The standard InChI is InChI=1S/C28H27NO5/c1-16(2)22-15-19(10-13-23(22)34-4)26(31)24-25(18-6-5-7-21(30)14-18)29(28(33)27(24)32)20-11-8-17(3)9-12-20/h5-16,25,30-31H,1-4H3/b26-24-. The number of hydrogen-bond donors (Lipinski definition) is 2. The Morgan fingerprint density at radius 2 is 1.71 bits per heavy atom. The van der Waals surface area contributed by atoms with Crippen LogP contribution in [0.25, 0.3) is 5.76 Å². The van der Waals surface area contributed by atoms with Crippen LogP contribution < -0.4 is 9.64 Å². The summed E-state index contributed by atoms with van der Waals surface area (Å²) in [6, 6.07) is 17.9. The topological polar surface area (TPSA) is 87.1 Å². The Morgan fingerprint density at radius 3 is 2.32 bits per heavy atom. The highest BCUT2D eigenvalue weighted by Gasteiger charge is 2.47. The van der Waals surface area contributed by atoms with Crippen molar-refractivity contribution >= 4 is 23.1 Å². The van der Waals surface area contributed by atoms with Crippen molar-refractivity contribution in [1.82, 2.24) is 0 Å². The molecule has 0 radical (unpaired) electrons. The van der Waals surface area contributed by atoms with Gasteiger partial charge in [0.2, 0.25) is 0 Å². The summed E-state index contributed by atoms with van der Waals surface area (Å²) in [5, 5.41) is 21.5. The Hall–Kier alpha value is -4.06. The molecule has 34 heavy (non-hydrogen) atoms. The van der Waals surface area contributed by atoms with Gasteiger partial charge in [0, 0.05) is 11.3 Å².